The number of amidine groups is 1. The Bertz CT molecular complexity index is 498. The number of carbonyl (C=O) groups excluding carboxylic acids is 1. The van der Waals surface area contributed by atoms with Crippen molar-refractivity contribution >= 4 is 51.3 Å². The summed E-state index contributed by atoms with van der Waals surface area (Å²) in [5, 5.41) is 2.69. The minimum absolute atomic E-state index is 0. The van der Waals surface area contributed by atoms with Gasteiger partial charge in [-0.05, 0) is 45.0 Å². The topological polar surface area (TPSA) is 58.7 Å². The van der Waals surface area contributed by atoms with Gasteiger partial charge < -0.3 is 0 Å². The molecule has 2 N–H and O–H groups in total. The summed E-state index contributed by atoms with van der Waals surface area (Å²) in [6.45, 7) is 5.95. The lowest BCUT2D eigenvalue weighted by Gasteiger charge is -2.20. The van der Waals surface area contributed by atoms with Crippen LogP contribution >= 0.6 is 40.3 Å². The number of hydrazine groups is 1. The van der Waals surface area contributed by atoms with Crippen molar-refractivity contribution in [3.63, 3.8) is 0 Å². The van der Waals surface area contributed by atoms with Gasteiger partial charge in [-0.2, -0.15) is 0 Å². The van der Waals surface area contributed by atoms with Crippen molar-refractivity contribution in [2.75, 3.05) is 12.8 Å². The third kappa shape index (κ3) is 7.85. The van der Waals surface area contributed by atoms with E-state index in [1.165, 1.54) is 16.8 Å². The number of benzene rings is 1. The number of halogens is 2. The predicted octanol–water partition coefficient (Wildman–Crippen LogP) is 3.79. The summed E-state index contributed by atoms with van der Waals surface area (Å²) in [5.41, 5.74) is 0.399. The van der Waals surface area contributed by atoms with Crippen LogP contribution in [-0.4, -0.2) is 34.3 Å². The zero-order valence-corrected chi connectivity index (χ0v) is 15.9. The van der Waals surface area contributed by atoms with E-state index in [1.54, 1.807) is 31.3 Å². The lowest BCUT2D eigenvalue weighted by Crippen LogP contribution is -2.34. The number of nitrogens with zero attached hydrogens (tertiary/aromatic N) is 2. The highest BCUT2D eigenvalue weighted by atomic mass is 79.9. The minimum Gasteiger partial charge on any atom is -0.293 e. The average Bonchev–Trinajstić information content (AvgIpc) is 2.33. The molecule has 0 amide bonds. The van der Waals surface area contributed by atoms with Crippen LogP contribution in [0.25, 0.3) is 0 Å². The van der Waals surface area contributed by atoms with Gasteiger partial charge in [0.2, 0.25) is 0 Å². The number of aliphatic imine (C=N–C) groups is 1. The van der Waals surface area contributed by atoms with Gasteiger partial charge in [0.15, 0.2) is 11.0 Å². The van der Waals surface area contributed by atoms with E-state index in [1.807, 2.05) is 20.8 Å². The number of hydrogen-bond acceptors (Lipinski definition) is 4. The van der Waals surface area contributed by atoms with E-state index >= 15 is 0 Å². The van der Waals surface area contributed by atoms with E-state index in [-0.39, 0.29) is 34.1 Å². The molecule has 0 atom stereocenters. The molecule has 0 spiro atoms. The number of hydrogen-bond donors (Lipinski definition) is 1. The van der Waals surface area contributed by atoms with Gasteiger partial charge in [0.25, 0.3) is 0 Å². The summed E-state index contributed by atoms with van der Waals surface area (Å²) in [5.74, 6) is 6.05. The molecule has 0 saturated carbocycles. The van der Waals surface area contributed by atoms with Crippen LogP contribution < -0.4 is 5.84 Å². The highest BCUT2D eigenvalue weighted by molar-refractivity contribution is 8.93. The molecule has 1 rings (SSSR count). The molecule has 0 saturated heterocycles. The number of carbonyl (C=O) groups is 1. The van der Waals surface area contributed by atoms with Crippen molar-refractivity contribution in [3.8, 4) is 0 Å². The first-order valence-electron chi connectivity index (χ1n) is 6.19. The second-order valence-corrected chi connectivity index (χ2v) is 6.77. The summed E-state index contributed by atoms with van der Waals surface area (Å²) in [6, 6.07) is 6.85. The van der Waals surface area contributed by atoms with Gasteiger partial charge >= 0.3 is 0 Å². The van der Waals surface area contributed by atoms with Gasteiger partial charge in [-0.25, -0.2) is 5.84 Å². The third-order valence-corrected chi connectivity index (χ3v) is 3.53. The summed E-state index contributed by atoms with van der Waals surface area (Å²) in [4.78, 5) is 16.6. The molecule has 0 unspecified atom stereocenters. The number of nitrogens with two attached hydrogens (primary N) is 1. The van der Waals surface area contributed by atoms with Crippen molar-refractivity contribution in [2.45, 2.75) is 26.3 Å². The Morgan fingerprint density at radius 2 is 1.86 bits per heavy atom. The SMILES string of the molecule is Br.CN(N)C(=NC(C)(C)C)SCC(=O)c1ccc(Cl)cc1. The molecule has 1 aromatic rings. The van der Waals surface area contributed by atoms with Crippen LogP contribution in [0.3, 0.4) is 0 Å². The normalized spacial score (nSPS) is 11.8. The first-order valence-corrected chi connectivity index (χ1v) is 7.55. The molecule has 0 heterocycles. The van der Waals surface area contributed by atoms with Crippen LogP contribution in [-0.2, 0) is 0 Å². The average molecular weight is 395 g/mol. The van der Waals surface area contributed by atoms with Crippen molar-refractivity contribution in [1.29, 1.82) is 0 Å². The van der Waals surface area contributed by atoms with E-state index in [0.717, 1.165) is 0 Å². The highest BCUT2D eigenvalue weighted by Gasteiger charge is 2.14. The van der Waals surface area contributed by atoms with E-state index in [4.69, 9.17) is 17.4 Å². The molecule has 0 aliphatic heterocycles. The van der Waals surface area contributed by atoms with Crippen molar-refractivity contribution < 1.29 is 4.79 Å². The van der Waals surface area contributed by atoms with E-state index < -0.39 is 0 Å². The number of rotatable bonds is 3. The van der Waals surface area contributed by atoms with Crippen LogP contribution in [0.5, 0.6) is 0 Å². The Hall–Kier alpha value is -0.560. The lowest BCUT2D eigenvalue weighted by molar-refractivity contribution is 0.102. The fourth-order valence-corrected chi connectivity index (χ4v) is 2.44. The van der Waals surface area contributed by atoms with Gasteiger partial charge in [0.05, 0.1) is 11.3 Å². The Morgan fingerprint density at radius 3 is 2.29 bits per heavy atom. The molecule has 0 aliphatic carbocycles. The van der Waals surface area contributed by atoms with Gasteiger partial charge in [-0.3, -0.25) is 14.8 Å². The van der Waals surface area contributed by atoms with Gasteiger partial charge in [-0.1, -0.05) is 23.4 Å². The van der Waals surface area contributed by atoms with Gasteiger partial charge in [0.1, 0.15) is 0 Å². The Labute approximate surface area is 145 Å². The maximum absolute atomic E-state index is 12.1. The van der Waals surface area contributed by atoms with Crippen LogP contribution in [0.2, 0.25) is 5.02 Å². The van der Waals surface area contributed by atoms with Crippen LogP contribution in [0.4, 0.5) is 0 Å². The van der Waals surface area contributed by atoms with Crippen molar-refractivity contribution in [1.82, 2.24) is 5.01 Å². The van der Waals surface area contributed by atoms with E-state index in [2.05, 4.69) is 4.99 Å². The monoisotopic (exact) mass is 393 g/mol. The molecule has 0 radical (unpaired) electrons. The number of thioether (sulfide) groups is 1. The Balaban J connectivity index is 0.00000400. The first-order chi connectivity index (χ1) is 9.19. The second kappa shape index (κ2) is 8.78. The summed E-state index contributed by atoms with van der Waals surface area (Å²) >= 11 is 7.13. The smallest absolute Gasteiger partial charge is 0.174 e. The van der Waals surface area contributed by atoms with E-state index in [0.29, 0.717) is 15.8 Å². The molecule has 21 heavy (non-hydrogen) atoms. The fourth-order valence-electron chi connectivity index (χ4n) is 1.35. The second-order valence-electron chi connectivity index (χ2n) is 5.39. The zero-order chi connectivity index (χ0) is 15.3. The summed E-state index contributed by atoms with van der Waals surface area (Å²) in [6.07, 6.45) is 0. The lowest BCUT2D eigenvalue weighted by atomic mass is 10.1. The summed E-state index contributed by atoms with van der Waals surface area (Å²) in [7, 11) is 1.71. The molecule has 118 valence electrons. The van der Waals surface area contributed by atoms with Gasteiger partial charge in [0, 0.05) is 17.6 Å². The number of Topliss-reactive ketones (excluding diaryl/α,β-unsaturated/α-hetero) is 1. The Morgan fingerprint density at radius 1 is 1.33 bits per heavy atom. The molecular weight excluding hydrogens is 374 g/mol. The van der Waals surface area contributed by atoms with Gasteiger partial charge in [-0.15, -0.1) is 17.0 Å². The van der Waals surface area contributed by atoms with Crippen LogP contribution in [0.15, 0.2) is 29.3 Å². The summed E-state index contributed by atoms with van der Waals surface area (Å²) < 4.78 is 0. The van der Waals surface area contributed by atoms with Crippen LogP contribution in [0.1, 0.15) is 31.1 Å². The van der Waals surface area contributed by atoms with Crippen molar-refractivity contribution in [2.24, 2.45) is 10.8 Å². The molecule has 7 heteroatoms. The maximum atomic E-state index is 12.1. The molecule has 4 nitrogen and oxygen atoms in total. The molecule has 0 aromatic heterocycles. The minimum atomic E-state index is -0.237. The standard InChI is InChI=1S/C14H20ClN3OS.BrH/c1-14(2,3)17-13(18(4)16)20-9-12(19)10-5-7-11(15)8-6-10;/h5-8H,9,16H2,1-4H3;1H. The molecule has 0 fully saturated rings. The quantitative estimate of drug-likeness (QED) is 0.278. The van der Waals surface area contributed by atoms with Crippen LogP contribution in [0, 0.1) is 0 Å². The molecule has 0 aliphatic rings. The molecule has 0 bridgehead atoms. The number of ketones is 1. The zero-order valence-electron chi connectivity index (χ0n) is 12.6. The first kappa shape index (κ1) is 20.4. The fraction of sp³-hybridized carbons (Fsp3) is 0.429. The highest BCUT2D eigenvalue weighted by Crippen LogP contribution is 2.16. The Kier molecular flexibility index (Phi) is 8.54. The van der Waals surface area contributed by atoms with E-state index in [9.17, 15) is 4.79 Å². The maximum Gasteiger partial charge on any atom is 0.174 e. The third-order valence-electron chi connectivity index (χ3n) is 2.23. The largest absolute Gasteiger partial charge is 0.293 e. The van der Waals surface area contributed by atoms with Crippen molar-refractivity contribution in [3.05, 3.63) is 34.9 Å². The molecule has 1 aromatic carbocycles. The molecular formula is C14H21BrClN3OS. The predicted molar refractivity (Wildman–Crippen MR) is 97.7 cm³/mol.